The Morgan fingerprint density at radius 1 is 0.875 bits per heavy atom. The van der Waals surface area contributed by atoms with Crippen molar-refractivity contribution >= 4 is 19.5 Å². The van der Waals surface area contributed by atoms with Crippen molar-refractivity contribution in [2.75, 3.05) is 0 Å². The number of hydrogen-bond acceptors (Lipinski definition) is 3. The number of aryl methyl sites for hydroxylation is 1. The summed E-state index contributed by atoms with van der Waals surface area (Å²) in [6.07, 6.45) is 8.52. The summed E-state index contributed by atoms with van der Waals surface area (Å²) in [5.74, 6) is 1.18. The van der Waals surface area contributed by atoms with Crippen molar-refractivity contribution in [1.82, 2.24) is 0 Å². The van der Waals surface area contributed by atoms with E-state index in [1.165, 1.54) is 43.2 Å². The Labute approximate surface area is 190 Å². The highest BCUT2D eigenvalue weighted by atomic mass is 31.2. The number of phosphoric acid groups is 1. The maximum Gasteiger partial charge on any atom is 0.584 e. The largest absolute Gasteiger partial charge is 0.584 e. The second-order valence-electron chi connectivity index (χ2n) is 8.29. The summed E-state index contributed by atoms with van der Waals surface area (Å²) in [5.41, 5.74) is 4.41. The van der Waals surface area contributed by atoms with E-state index in [-0.39, 0.29) is 0 Å². The fraction of sp³-hybridized carbons (Fsp3) is 0.259. The van der Waals surface area contributed by atoms with Crippen LogP contribution in [0.25, 0.3) is 11.6 Å². The van der Waals surface area contributed by atoms with Gasteiger partial charge in [-0.1, -0.05) is 86.0 Å². The first-order valence-corrected chi connectivity index (χ1v) is 12.6. The Bertz CT molecular complexity index is 1100. The van der Waals surface area contributed by atoms with E-state index in [2.05, 4.69) is 30.3 Å². The molecule has 3 aromatic rings. The van der Waals surface area contributed by atoms with Crippen LogP contribution in [0.1, 0.15) is 48.8 Å². The fourth-order valence-corrected chi connectivity index (χ4v) is 5.10. The molecule has 1 saturated carbocycles. The fourth-order valence-electron chi connectivity index (χ4n) is 4.22. The molecular weight excluding hydrogens is 419 g/mol. The molecule has 166 valence electrons. The summed E-state index contributed by atoms with van der Waals surface area (Å²) in [4.78, 5) is 10.2. The normalized spacial score (nSPS) is 16.9. The van der Waals surface area contributed by atoms with Gasteiger partial charge in [-0.15, -0.1) is 0 Å². The smallest absolute Gasteiger partial charge is 0.395 e. The minimum absolute atomic E-state index is 0.292. The van der Waals surface area contributed by atoms with Crippen molar-refractivity contribution < 1.29 is 18.5 Å². The molecule has 0 amide bonds. The lowest BCUT2D eigenvalue weighted by molar-refractivity contribution is 0.290. The molecule has 0 bridgehead atoms. The second-order valence-corrected chi connectivity index (χ2v) is 9.59. The van der Waals surface area contributed by atoms with Crippen LogP contribution in [0.15, 0.2) is 78.9 Å². The quantitative estimate of drug-likeness (QED) is 0.298. The van der Waals surface area contributed by atoms with Gasteiger partial charge in [0.25, 0.3) is 0 Å². The highest BCUT2D eigenvalue weighted by Gasteiger charge is 2.26. The molecule has 1 aliphatic carbocycles. The lowest BCUT2D eigenvalue weighted by Gasteiger charge is -2.25. The monoisotopic (exact) mass is 448 g/mol. The molecule has 1 aliphatic rings. The molecule has 1 N–H and O–H groups in total. The summed E-state index contributed by atoms with van der Waals surface area (Å²) in [6, 6.07) is 24.8. The Balaban J connectivity index is 1.52. The van der Waals surface area contributed by atoms with E-state index < -0.39 is 7.82 Å². The predicted octanol–water partition coefficient (Wildman–Crippen LogP) is 7.67. The van der Waals surface area contributed by atoms with Crippen LogP contribution in [0.2, 0.25) is 0 Å². The van der Waals surface area contributed by atoms with Gasteiger partial charge in [0.15, 0.2) is 0 Å². The molecule has 0 aromatic heterocycles. The molecule has 0 spiro atoms. The summed E-state index contributed by atoms with van der Waals surface area (Å²) in [5, 5.41) is 0. The lowest BCUT2D eigenvalue weighted by atomic mass is 9.80. The minimum atomic E-state index is -4.29. The van der Waals surface area contributed by atoms with Crippen LogP contribution < -0.4 is 9.05 Å². The zero-order valence-corrected chi connectivity index (χ0v) is 19.2. The maximum atomic E-state index is 12.5. The predicted molar refractivity (Wildman–Crippen MR) is 130 cm³/mol. The van der Waals surface area contributed by atoms with Crippen molar-refractivity contribution in [3.05, 3.63) is 95.6 Å². The van der Waals surface area contributed by atoms with Crippen LogP contribution in [0, 0.1) is 12.8 Å². The molecule has 5 heteroatoms. The van der Waals surface area contributed by atoms with Crippen molar-refractivity contribution in [2.45, 2.75) is 39.0 Å². The van der Waals surface area contributed by atoms with E-state index in [0.717, 1.165) is 11.1 Å². The number of para-hydroxylation sites is 1. The highest BCUT2D eigenvalue weighted by Crippen LogP contribution is 2.45. The third-order valence-electron chi connectivity index (χ3n) is 5.88. The summed E-state index contributed by atoms with van der Waals surface area (Å²) < 4.78 is 23.0. The van der Waals surface area contributed by atoms with E-state index in [0.29, 0.717) is 17.4 Å². The number of allylic oxidation sites excluding steroid dienone is 1. The van der Waals surface area contributed by atoms with Crippen LogP contribution >= 0.6 is 7.82 Å². The van der Waals surface area contributed by atoms with Crippen molar-refractivity contribution in [2.24, 2.45) is 5.92 Å². The summed E-state index contributed by atoms with van der Waals surface area (Å²) >= 11 is 0. The maximum absolute atomic E-state index is 12.5. The van der Waals surface area contributed by atoms with Gasteiger partial charge in [-0.3, -0.25) is 4.89 Å². The van der Waals surface area contributed by atoms with Gasteiger partial charge in [-0.05, 0) is 66.1 Å². The molecule has 3 aromatic carbocycles. The number of benzene rings is 3. The van der Waals surface area contributed by atoms with Crippen LogP contribution in [0.4, 0.5) is 0 Å². The molecule has 1 atom stereocenters. The standard InChI is InChI=1S/C27H29O4P/c1-21-10-8-9-15-27(21)31-32(28,29)30-25-18-16-22(17-19-25)20-26(23-11-4-2-5-12-23)24-13-6-3-7-14-24/h2,4-5,8-12,15-20,24H,3,6-7,13-14H2,1H3,(H,28,29)/b26-20+. The molecule has 0 saturated heterocycles. The molecule has 32 heavy (non-hydrogen) atoms. The molecule has 4 nitrogen and oxygen atoms in total. The topological polar surface area (TPSA) is 55.8 Å². The Morgan fingerprint density at radius 3 is 2.22 bits per heavy atom. The Morgan fingerprint density at radius 2 is 1.53 bits per heavy atom. The van der Waals surface area contributed by atoms with E-state index in [1.54, 1.807) is 24.3 Å². The van der Waals surface area contributed by atoms with Gasteiger partial charge in [0.1, 0.15) is 11.5 Å². The van der Waals surface area contributed by atoms with Gasteiger partial charge < -0.3 is 9.05 Å². The van der Waals surface area contributed by atoms with Crippen LogP contribution in [-0.2, 0) is 4.57 Å². The molecule has 0 heterocycles. The zero-order valence-electron chi connectivity index (χ0n) is 18.3. The molecule has 4 rings (SSSR count). The van der Waals surface area contributed by atoms with Crippen LogP contribution in [0.5, 0.6) is 11.5 Å². The SMILES string of the molecule is Cc1ccccc1OP(=O)(O)Oc1ccc(/C=C(\c2ccccc2)C2CCCCC2)cc1. The van der Waals surface area contributed by atoms with E-state index >= 15 is 0 Å². The molecule has 1 unspecified atom stereocenters. The molecular formula is C27H29O4P. The van der Waals surface area contributed by atoms with E-state index in [4.69, 9.17) is 9.05 Å². The van der Waals surface area contributed by atoms with Gasteiger partial charge >= 0.3 is 7.82 Å². The first-order chi connectivity index (χ1) is 15.5. The highest BCUT2D eigenvalue weighted by molar-refractivity contribution is 7.48. The van der Waals surface area contributed by atoms with Crippen LogP contribution in [-0.4, -0.2) is 4.89 Å². The van der Waals surface area contributed by atoms with E-state index in [9.17, 15) is 9.46 Å². The average molecular weight is 448 g/mol. The van der Waals surface area contributed by atoms with Gasteiger partial charge in [0.05, 0.1) is 0 Å². The number of phosphoric ester groups is 1. The average Bonchev–Trinajstić information content (AvgIpc) is 2.81. The molecule has 0 radical (unpaired) electrons. The summed E-state index contributed by atoms with van der Waals surface area (Å²) in [7, 11) is -4.29. The first-order valence-electron chi connectivity index (χ1n) is 11.1. The number of hydrogen-bond donors (Lipinski definition) is 1. The summed E-state index contributed by atoms with van der Waals surface area (Å²) in [6.45, 7) is 1.81. The second kappa shape index (κ2) is 10.2. The van der Waals surface area contributed by atoms with Gasteiger partial charge in [0.2, 0.25) is 0 Å². The van der Waals surface area contributed by atoms with Gasteiger partial charge in [0, 0.05) is 0 Å². The van der Waals surface area contributed by atoms with Crippen molar-refractivity contribution in [3.8, 4) is 11.5 Å². The number of rotatable bonds is 7. The van der Waals surface area contributed by atoms with Gasteiger partial charge in [-0.2, -0.15) is 0 Å². The molecule has 1 fully saturated rings. The van der Waals surface area contributed by atoms with Crippen molar-refractivity contribution in [3.63, 3.8) is 0 Å². The van der Waals surface area contributed by atoms with E-state index in [1.807, 2.05) is 37.3 Å². The molecule has 0 aliphatic heterocycles. The van der Waals surface area contributed by atoms with Gasteiger partial charge in [-0.25, -0.2) is 4.57 Å². The minimum Gasteiger partial charge on any atom is -0.395 e. The Hall–Kier alpha value is -2.81. The Kier molecular flexibility index (Phi) is 7.14. The lowest BCUT2D eigenvalue weighted by Crippen LogP contribution is -2.08. The van der Waals surface area contributed by atoms with Crippen LogP contribution in [0.3, 0.4) is 0 Å². The van der Waals surface area contributed by atoms with Crippen molar-refractivity contribution in [1.29, 1.82) is 0 Å². The zero-order chi connectivity index (χ0) is 22.4. The third kappa shape index (κ3) is 5.91. The third-order valence-corrected chi connectivity index (χ3v) is 6.75. The first kappa shape index (κ1) is 22.4.